The highest BCUT2D eigenvalue weighted by molar-refractivity contribution is 5.96. The predicted octanol–water partition coefficient (Wildman–Crippen LogP) is 1.91. The number of hydrogen-bond acceptors (Lipinski definition) is 4. The van der Waals surface area contributed by atoms with Crippen molar-refractivity contribution in [2.75, 3.05) is 37.2 Å². The van der Waals surface area contributed by atoms with Crippen molar-refractivity contribution in [3.8, 4) is 0 Å². The maximum Gasteiger partial charge on any atom is 0.251 e. The van der Waals surface area contributed by atoms with Gasteiger partial charge in [0.25, 0.3) is 5.91 Å². The van der Waals surface area contributed by atoms with Crippen molar-refractivity contribution in [3.05, 3.63) is 23.8 Å². The molecule has 2 rings (SSSR count). The van der Waals surface area contributed by atoms with E-state index in [9.17, 15) is 4.79 Å². The summed E-state index contributed by atoms with van der Waals surface area (Å²) in [7, 11) is 0. The molecule has 1 fully saturated rings. The molecule has 1 aliphatic heterocycles. The lowest BCUT2D eigenvalue weighted by molar-refractivity contribution is 0.0956. The second-order valence-corrected chi connectivity index (χ2v) is 5.63. The number of carbonyl (C=O) groups excluding carboxylic acids is 1. The van der Waals surface area contributed by atoms with Gasteiger partial charge in [0.1, 0.15) is 0 Å². The van der Waals surface area contributed by atoms with Crippen molar-refractivity contribution in [2.24, 2.45) is 0 Å². The maximum atomic E-state index is 11.8. The van der Waals surface area contributed by atoms with E-state index in [0.717, 1.165) is 12.2 Å². The summed E-state index contributed by atoms with van der Waals surface area (Å²) in [4.78, 5) is 14.2. The van der Waals surface area contributed by atoms with Crippen LogP contribution in [-0.4, -0.2) is 43.0 Å². The van der Waals surface area contributed by atoms with Gasteiger partial charge in [-0.15, -0.1) is 0 Å². The molecule has 0 spiro atoms. The van der Waals surface area contributed by atoms with Crippen LogP contribution in [0.3, 0.4) is 0 Å². The third kappa shape index (κ3) is 4.11. The molecule has 1 saturated heterocycles. The second kappa shape index (κ2) is 7.31. The summed E-state index contributed by atoms with van der Waals surface area (Å²) < 4.78 is 0. The number of nitrogens with one attached hydrogen (secondary N) is 2. The fourth-order valence-corrected chi connectivity index (χ4v) is 2.70. The van der Waals surface area contributed by atoms with Gasteiger partial charge in [-0.25, -0.2) is 0 Å². The molecule has 0 aliphatic carbocycles. The average Bonchev–Trinajstić information content (AvgIpc) is 3.00. The largest absolute Gasteiger partial charge is 0.397 e. The number of amides is 1. The lowest BCUT2D eigenvalue weighted by Crippen LogP contribution is -2.35. The summed E-state index contributed by atoms with van der Waals surface area (Å²) in [5.74, 6) is -0.0822. The van der Waals surface area contributed by atoms with E-state index in [-0.39, 0.29) is 5.91 Å². The lowest BCUT2D eigenvalue weighted by atomic mass is 10.1. The number of nitrogens with two attached hydrogens (primary N) is 1. The number of nitrogen functional groups attached to an aromatic ring is 1. The number of hydrogen-bond donors (Lipinski definition) is 3. The Balaban J connectivity index is 1.92. The zero-order valence-corrected chi connectivity index (χ0v) is 13.0. The van der Waals surface area contributed by atoms with Gasteiger partial charge >= 0.3 is 0 Å². The van der Waals surface area contributed by atoms with E-state index in [2.05, 4.69) is 22.5 Å². The molecule has 1 amide bonds. The van der Waals surface area contributed by atoms with Crippen LogP contribution >= 0.6 is 0 Å². The molecule has 21 heavy (non-hydrogen) atoms. The highest BCUT2D eigenvalue weighted by Gasteiger charge is 2.17. The molecule has 1 aromatic carbocycles. The fourth-order valence-electron chi connectivity index (χ4n) is 2.70. The zero-order chi connectivity index (χ0) is 15.2. The third-order valence-electron chi connectivity index (χ3n) is 4.00. The molecule has 0 saturated carbocycles. The molecule has 5 heteroatoms. The van der Waals surface area contributed by atoms with Gasteiger partial charge in [-0.05, 0) is 58.0 Å². The Morgan fingerprint density at radius 2 is 2.10 bits per heavy atom. The van der Waals surface area contributed by atoms with E-state index < -0.39 is 0 Å². The second-order valence-electron chi connectivity index (χ2n) is 5.63. The van der Waals surface area contributed by atoms with Gasteiger partial charge in [0.2, 0.25) is 0 Å². The van der Waals surface area contributed by atoms with Crippen LogP contribution < -0.4 is 16.4 Å². The molecule has 4 N–H and O–H groups in total. The molecule has 5 nitrogen and oxygen atoms in total. The van der Waals surface area contributed by atoms with Crippen LogP contribution in [0.4, 0.5) is 11.4 Å². The first kappa shape index (κ1) is 15.6. The summed E-state index contributed by atoms with van der Waals surface area (Å²) in [5, 5.41) is 6.16. The average molecular weight is 290 g/mol. The molecule has 1 aromatic rings. The number of benzene rings is 1. The topological polar surface area (TPSA) is 70.4 Å². The zero-order valence-electron chi connectivity index (χ0n) is 13.0. The molecule has 116 valence electrons. The van der Waals surface area contributed by atoms with Crippen LogP contribution in [0.15, 0.2) is 18.2 Å². The number of anilines is 2. The van der Waals surface area contributed by atoms with Crippen molar-refractivity contribution in [1.82, 2.24) is 10.2 Å². The van der Waals surface area contributed by atoms with E-state index in [0.29, 0.717) is 23.8 Å². The van der Waals surface area contributed by atoms with E-state index in [1.54, 1.807) is 6.07 Å². The van der Waals surface area contributed by atoms with Crippen LogP contribution in [0.1, 0.15) is 37.0 Å². The number of likely N-dealkylation sites (tertiary alicyclic amines) is 1. The number of rotatable bonds is 6. The van der Waals surface area contributed by atoms with E-state index in [1.165, 1.54) is 25.9 Å². The van der Waals surface area contributed by atoms with Crippen molar-refractivity contribution < 1.29 is 4.79 Å². The first-order chi connectivity index (χ1) is 10.1. The van der Waals surface area contributed by atoms with Gasteiger partial charge in [-0.2, -0.15) is 0 Å². The van der Waals surface area contributed by atoms with Crippen LogP contribution in [0.5, 0.6) is 0 Å². The number of nitrogens with zero attached hydrogens (tertiary/aromatic N) is 1. The Kier molecular flexibility index (Phi) is 5.44. The smallest absolute Gasteiger partial charge is 0.251 e. The van der Waals surface area contributed by atoms with Gasteiger partial charge in [-0.1, -0.05) is 0 Å². The fraction of sp³-hybridized carbons (Fsp3) is 0.562. The standard InChI is InChI=1S/C16H26N4O/c1-3-18-16(21)13-6-7-15(14(17)10-13)19-11-12(2)20-8-4-5-9-20/h6-7,10,12,19H,3-5,8-9,11,17H2,1-2H3,(H,18,21). The molecule has 0 aromatic heterocycles. The van der Waals surface area contributed by atoms with Crippen LogP contribution in [0, 0.1) is 0 Å². The van der Waals surface area contributed by atoms with E-state index in [1.807, 2.05) is 19.1 Å². The molecule has 1 aliphatic rings. The minimum Gasteiger partial charge on any atom is -0.397 e. The first-order valence-corrected chi connectivity index (χ1v) is 7.77. The van der Waals surface area contributed by atoms with Crippen molar-refractivity contribution in [1.29, 1.82) is 0 Å². The molecule has 1 atom stereocenters. The Morgan fingerprint density at radius 3 is 2.71 bits per heavy atom. The van der Waals surface area contributed by atoms with Crippen LogP contribution in [0.25, 0.3) is 0 Å². The molecule has 1 heterocycles. The Bertz CT molecular complexity index is 483. The highest BCUT2D eigenvalue weighted by atomic mass is 16.1. The third-order valence-corrected chi connectivity index (χ3v) is 4.00. The van der Waals surface area contributed by atoms with Gasteiger partial charge < -0.3 is 16.4 Å². The van der Waals surface area contributed by atoms with E-state index in [4.69, 9.17) is 5.73 Å². The highest BCUT2D eigenvalue weighted by Crippen LogP contribution is 2.20. The number of carbonyl (C=O) groups is 1. The minimum atomic E-state index is -0.0822. The van der Waals surface area contributed by atoms with Gasteiger partial charge in [0, 0.05) is 24.7 Å². The maximum absolute atomic E-state index is 11.8. The molecule has 0 radical (unpaired) electrons. The van der Waals surface area contributed by atoms with Crippen molar-refractivity contribution in [3.63, 3.8) is 0 Å². The SMILES string of the molecule is CCNC(=O)c1ccc(NCC(C)N2CCCC2)c(N)c1. The summed E-state index contributed by atoms with van der Waals surface area (Å²) in [6, 6.07) is 5.92. The Labute approximate surface area is 126 Å². The summed E-state index contributed by atoms with van der Waals surface area (Å²) >= 11 is 0. The summed E-state index contributed by atoms with van der Waals surface area (Å²) in [5.41, 5.74) is 8.16. The lowest BCUT2D eigenvalue weighted by Gasteiger charge is -2.24. The minimum absolute atomic E-state index is 0.0822. The Hall–Kier alpha value is -1.75. The van der Waals surface area contributed by atoms with Gasteiger partial charge in [0.15, 0.2) is 0 Å². The predicted molar refractivity (Wildman–Crippen MR) is 87.6 cm³/mol. The van der Waals surface area contributed by atoms with Gasteiger partial charge in [0.05, 0.1) is 11.4 Å². The molecule has 0 bridgehead atoms. The van der Waals surface area contributed by atoms with Crippen molar-refractivity contribution >= 4 is 17.3 Å². The normalized spacial score (nSPS) is 16.7. The molecule has 1 unspecified atom stereocenters. The molecular formula is C16H26N4O. The van der Waals surface area contributed by atoms with Crippen LogP contribution in [0.2, 0.25) is 0 Å². The van der Waals surface area contributed by atoms with E-state index >= 15 is 0 Å². The summed E-state index contributed by atoms with van der Waals surface area (Å²) in [6.45, 7) is 7.99. The van der Waals surface area contributed by atoms with Crippen molar-refractivity contribution in [2.45, 2.75) is 32.7 Å². The molecular weight excluding hydrogens is 264 g/mol. The quantitative estimate of drug-likeness (QED) is 0.700. The monoisotopic (exact) mass is 290 g/mol. The Morgan fingerprint density at radius 1 is 1.38 bits per heavy atom. The first-order valence-electron chi connectivity index (χ1n) is 7.77. The van der Waals surface area contributed by atoms with Crippen LogP contribution in [-0.2, 0) is 0 Å². The van der Waals surface area contributed by atoms with Gasteiger partial charge in [-0.3, -0.25) is 9.69 Å². The summed E-state index contributed by atoms with van der Waals surface area (Å²) in [6.07, 6.45) is 2.60.